The van der Waals surface area contributed by atoms with Gasteiger partial charge in [0.1, 0.15) is 5.82 Å². The van der Waals surface area contributed by atoms with Crippen molar-refractivity contribution in [1.29, 1.82) is 0 Å². The van der Waals surface area contributed by atoms with E-state index in [0.29, 0.717) is 0 Å². The van der Waals surface area contributed by atoms with Crippen LogP contribution in [0.15, 0.2) is 18.2 Å². The fraction of sp³-hybridized carbons (Fsp3) is 0.571. The molecule has 0 amide bonds. The van der Waals surface area contributed by atoms with E-state index < -0.39 is 0 Å². The molecular weight excluding hydrogens is 217 g/mol. The molecule has 2 rings (SSSR count). The molecule has 0 aromatic heterocycles. The van der Waals surface area contributed by atoms with Crippen LogP contribution in [0.3, 0.4) is 0 Å². The number of fused-ring (bicyclic) bond motifs is 1. The highest BCUT2D eigenvalue weighted by atomic mass is 19.1. The van der Waals surface area contributed by atoms with E-state index >= 15 is 0 Å². The molecule has 0 fully saturated rings. The summed E-state index contributed by atoms with van der Waals surface area (Å²) in [6, 6.07) is 5.09. The largest absolute Gasteiger partial charge is 0.377 e. The van der Waals surface area contributed by atoms with Gasteiger partial charge in [0.15, 0.2) is 0 Å². The zero-order valence-corrected chi connectivity index (χ0v) is 10.6. The number of hydrogen-bond donors (Lipinski definition) is 0. The van der Waals surface area contributed by atoms with Gasteiger partial charge in [0, 0.05) is 18.8 Å². The summed E-state index contributed by atoms with van der Waals surface area (Å²) in [7, 11) is 0. The number of benzene rings is 1. The van der Waals surface area contributed by atoms with Crippen LogP contribution < -0.4 is 4.90 Å². The van der Waals surface area contributed by atoms with Gasteiger partial charge in [-0.05, 0) is 50.5 Å². The van der Waals surface area contributed by atoms with E-state index in [1.807, 2.05) is 19.9 Å². The van der Waals surface area contributed by atoms with Crippen LogP contribution in [0.1, 0.15) is 25.8 Å². The van der Waals surface area contributed by atoms with Crippen LogP contribution in [-0.4, -0.2) is 25.8 Å². The van der Waals surface area contributed by atoms with Crippen LogP contribution in [0.5, 0.6) is 0 Å². The Kier molecular flexibility index (Phi) is 4.00. The Morgan fingerprint density at radius 1 is 1.41 bits per heavy atom. The quantitative estimate of drug-likeness (QED) is 0.798. The van der Waals surface area contributed by atoms with Crippen molar-refractivity contribution in [2.45, 2.75) is 32.8 Å². The lowest BCUT2D eigenvalue weighted by atomic mass is 10.0. The first-order chi connectivity index (χ1) is 8.16. The van der Waals surface area contributed by atoms with Crippen molar-refractivity contribution in [3.63, 3.8) is 0 Å². The van der Waals surface area contributed by atoms with Gasteiger partial charge in [0.05, 0.1) is 12.7 Å². The van der Waals surface area contributed by atoms with Gasteiger partial charge >= 0.3 is 0 Å². The van der Waals surface area contributed by atoms with Crippen molar-refractivity contribution in [2.24, 2.45) is 0 Å². The Morgan fingerprint density at radius 2 is 2.24 bits per heavy atom. The summed E-state index contributed by atoms with van der Waals surface area (Å²) in [6.45, 7) is 6.74. The van der Waals surface area contributed by atoms with E-state index in [4.69, 9.17) is 4.74 Å². The Morgan fingerprint density at radius 3 is 3.00 bits per heavy atom. The molecular formula is C14H20FNO. The van der Waals surface area contributed by atoms with Gasteiger partial charge in [-0.3, -0.25) is 0 Å². The van der Waals surface area contributed by atoms with E-state index in [0.717, 1.165) is 38.1 Å². The molecule has 0 spiro atoms. The molecule has 94 valence electrons. The molecule has 3 heteroatoms. The molecule has 17 heavy (non-hydrogen) atoms. The van der Waals surface area contributed by atoms with Crippen molar-refractivity contribution in [3.8, 4) is 0 Å². The molecule has 1 heterocycles. The standard InChI is InChI=1S/C14H20FNO/c1-11(2)17-9-8-16-7-3-4-12-10-13(15)5-6-14(12)16/h5-6,10-11H,3-4,7-9H2,1-2H3. The minimum absolute atomic E-state index is 0.135. The summed E-state index contributed by atoms with van der Waals surface area (Å²) >= 11 is 0. The maximum Gasteiger partial charge on any atom is 0.123 e. The molecule has 1 aliphatic heterocycles. The lowest BCUT2D eigenvalue weighted by Gasteiger charge is -2.31. The minimum Gasteiger partial charge on any atom is -0.377 e. The Hall–Kier alpha value is -1.09. The van der Waals surface area contributed by atoms with Crippen molar-refractivity contribution < 1.29 is 9.13 Å². The molecule has 0 atom stereocenters. The summed E-state index contributed by atoms with van der Waals surface area (Å²) in [5.41, 5.74) is 2.30. The second-order valence-corrected chi connectivity index (χ2v) is 4.78. The van der Waals surface area contributed by atoms with Gasteiger partial charge in [-0.1, -0.05) is 0 Å². The number of halogens is 1. The number of hydrogen-bond acceptors (Lipinski definition) is 2. The number of ether oxygens (including phenoxy) is 1. The number of anilines is 1. The highest BCUT2D eigenvalue weighted by molar-refractivity contribution is 5.55. The minimum atomic E-state index is -0.135. The van der Waals surface area contributed by atoms with Crippen LogP contribution >= 0.6 is 0 Å². The van der Waals surface area contributed by atoms with Gasteiger partial charge in [0.2, 0.25) is 0 Å². The van der Waals surface area contributed by atoms with Crippen molar-refractivity contribution >= 4 is 5.69 Å². The lowest BCUT2D eigenvalue weighted by molar-refractivity contribution is 0.0839. The zero-order valence-electron chi connectivity index (χ0n) is 10.6. The molecule has 2 nitrogen and oxygen atoms in total. The van der Waals surface area contributed by atoms with Crippen LogP contribution in [-0.2, 0) is 11.2 Å². The normalized spacial score (nSPS) is 15.2. The fourth-order valence-corrected chi connectivity index (χ4v) is 2.27. The third-order valence-corrected chi connectivity index (χ3v) is 3.07. The Bertz CT molecular complexity index is 378. The molecule has 1 aromatic rings. The van der Waals surface area contributed by atoms with Crippen molar-refractivity contribution in [3.05, 3.63) is 29.6 Å². The monoisotopic (exact) mass is 237 g/mol. The summed E-state index contributed by atoms with van der Waals surface area (Å²) in [6.07, 6.45) is 2.35. The molecule has 0 unspecified atom stereocenters. The van der Waals surface area contributed by atoms with Crippen molar-refractivity contribution in [2.75, 3.05) is 24.6 Å². The first-order valence-corrected chi connectivity index (χ1v) is 6.32. The molecule has 0 saturated heterocycles. The van der Waals surface area contributed by atoms with E-state index in [1.165, 1.54) is 5.69 Å². The molecule has 1 aromatic carbocycles. The predicted octanol–water partition coefficient (Wildman–Crippen LogP) is 3.00. The van der Waals surface area contributed by atoms with Gasteiger partial charge in [0.25, 0.3) is 0 Å². The zero-order chi connectivity index (χ0) is 12.3. The van der Waals surface area contributed by atoms with Gasteiger partial charge in [-0.15, -0.1) is 0 Å². The summed E-state index contributed by atoms with van der Waals surface area (Å²) < 4.78 is 18.7. The van der Waals surface area contributed by atoms with Crippen LogP contribution in [0.25, 0.3) is 0 Å². The van der Waals surface area contributed by atoms with Crippen molar-refractivity contribution in [1.82, 2.24) is 0 Å². The van der Waals surface area contributed by atoms with Gasteiger partial charge in [-0.2, -0.15) is 0 Å². The van der Waals surface area contributed by atoms with E-state index in [1.54, 1.807) is 12.1 Å². The average Bonchev–Trinajstić information content (AvgIpc) is 2.28. The number of aryl methyl sites for hydroxylation is 1. The molecule has 0 saturated carbocycles. The summed E-state index contributed by atoms with van der Waals surface area (Å²) in [4.78, 5) is 2.29. The summed E-state index contributed by atoms with van der Waals surface area (Å²) in [5, 5.41) is 0. The maximum absolute atomic E-state index is 13.1. The molecule has 0 bridgehead atoms. The molecule has 0 radical (unpaired) electrons. The SMILES string of the molecule is CC(C)OCCN1CCCc2cc(F)ccc21. The van der Waals surface area contributed by atoms with Crippen LogP contribution in [0.2, 0.25) is 0 Å². The molecule has 1 aliphatic rings. The highest BCUT2D eigenvalue weighted by Gasteiger charge is 2.16. The maximum atomic E-state index is 13.1. The predicted molar refractivity (Wildman–Crippen MR) is 68.0 cm³/mol. The van der Waals surface area contributed by atoms with Crippen LogP contribution in [0, 0.1) is 5.82 Å². The topological polar surface area (TPSA) is 12.5 Å². The first-order valence-electron chi connectivity index (χ1n) is 6.32. The highest BCUT2D eigenvalue weighted by Crippen LogP contribution is 2.27. The fourth-order valence-electron chi connectivity index (χ4n) is 2.27. The Labute approximate surface area is 102 Å². The number of rotatable bonds is 4. The molecule has 0 N–H and O–H groups in total. The van der Waals surface area contributed by atoms with E-state index in [9.17, 15) is 4.39 Å². The second kappa shape index (κ2) is 5.50. The lowest BCUT2D eigenvalue weighted by Crippen LogP contribution is -2.33. The van der Waals surface area contributed by atoms with Crippen LogP contribution in [0.4, 0.5) is 10.1 Å². The van der Waals surface area contributed by atoms with E-state index in [2.05, 4.69) is 4.90 Å². The van der Waals surface area contributed by atoms with Gasteiger partial charge < -0.3 is 9.64 Å². The Balaban J connectivity index is 2.02. The average molecular weight is 237 g/mol. The van der Waals surface area contributed by atoms with E-state index in [-0.39, 0.29) is 11.9 Å². The first kappa shape index (κ1) is 12.4. The smallest absolute Gasteiger partial charge is 0.123 e. The third kappa shape index (κ3) is 3.19. The number of nitrogens with zero attached hydrogens (tertiary/aromatic N) is 1. The third-order valence-electron chi connectivity index (χ3n) is 3.07. The summed E-state index contributed by atoms with van der Waals surface area (Å²) in [5.74, 6) is -0.135. The molecule has 0 aliphatic carbocycles. The second-order valence-electron chi connectivity index (χ2n) is 4.78. The van der Waals surface area contributed by atoms with Gasteiger partial charge in [-0.25, -0.2) is 4.39 Å².